The lowest BCUT2D eigenvalue weighted by atomic mass is 9.84. The second kappa shape index (κ2) is 5.81. The Labute approximate surface area is 84.8 Å². The second-order valence-corrected chi connectivity index (χ2v) is 3.77. The molecule has 1 aliphatic carbocycles. The molecule has 14 heavy (non-hydrogen) atoms. The van der Waals surface area contributed by atoms with Crippen molar-refractivity contribution in [1.82, 2.24) is 0 Å². The molecule has 1 saturated carbocycles. The van der Waals surface area contributed by atoms with Crippen molar-refractivity contribution in [3.05, 3.63) is 12.2 Å². The molecule has 0 aromatic rings. The molecule has 0 saturated heterocycles. The van der Waals surface area contributed by atoms with Gasteiger partial charge in [-0.3, -0.25) is 0 Å². The van der Waals surface area contributed by atoms with E-state index in [-0.39, 0.29) is 12.1 Å². The number of carbonyl (C=O) groups excluding carboxylic acids is 1. The van der Waals surface area contributed by atoms with E-state index in [2.05, 4.69) is 4.74 Å². The number of aliphatic hydroxyl groups excluding tert-OH is 1. The molecule has 0 aromatic heterocycles. The molecule has 0 aliphatic heterocycles. The van der Waals surface area contributed by atoms with Gasteiger partial charge in [0.2, 0.25) is 0 Å². The minimum Gasteiger partial charge on any atom is -0.466 e. The Kier molecular flexibility index (Phi) is 4.66. The molecule has 3 nitrogen and oxygen atoms in total. The molecular formula is C11H18O3. The van der Waals surface area contributed by atoms with Crippen molar-refractivity contribution in [3.63, 3.8) is 0 Å². The molecule has 0 unspecified atom stereocenters. The van der Waals surface area contributed by atoms with E-state index in [9.17, 15) is 9.90 Å². The van der Waals surface area contributed by atoms with Gasteiger partial charge in [0, 0.05) is 6.08 Å². The maximum absolute atomic E-state index is 10.8. The molecule has 1 fully saturated rings. The van der Waals surface area contributed by atoms with Gasteiger partial charge in [-0.15, -0.1) is 0 Å². The van der Waals surface area contributed by atoms with Crippen LogP contribution < -0.4 is 0 Å². The van der Waals surface area contributed by atoms with E-state index in [4.69, 9.17) is 0 Å². The zero-order valence-corrected chi connectivity index (χ0v) is 8.61. The normalized spacial score (nSPS) is 27.9. The highest BCUT2D eigenvalue weighted by Crippen LogP contribution is 2.27. The molecule has 0 spiro atoms. The minimum absolute atomic E-state index is 0.189. The molecule has 80 valence electrons. The van der Waals surface area contributed by atoms with E-state index < -0.39 is 0 Å². The summed E-state index contributed by atoms with van der Waals surface area (Å²) in [5, 5.41) is 9.64. The summed E-state index contributed by atoms with van der Waals surface area (Å²) in [6.07, 6.45) is 8.09. The Bertz CT molecular complexity index is 211. The van der Waals surface area contributed by atoms with Gasteiger partial charge < -0.3 is 9.84 Å². The third-order valence-electron chi connectivity index (χ3n) is 2.76. The fourth-order valence-corrected chi connectivity index (χ4v) is 1.87. The standard InChI is InChI=1S/C11H18O3/c1-14-11(13)8-4-6-9-5-2-3-7-10(9)12/h4,8-10,12H,2-3,5-7H2,1H3/b8-4+/t9-,10-/m0/s1. The van der Waals surface area contributed by atoms with Crippen LogP contribution in [0.15, 0.2) is 12.2 Å². The van der Waals surface area contributed by atoms with Gasteiger partial charge in [-0.2, -0.15) is 0 Å². The summed E-state index contributed by atoms with van der Waals surface area (Å²) in [7, 11) is 1.36. The van der Waals surface area contributed by atoms with Gasteiger partial charge in [-0.1, -0.05) is 18.9 Å². The maximum atomic E-state index is 10.8. The predicted molar refractivity (Wildman–Crippen MR) is 53.7 cm³/mol. The molecule has 0 heterocycles. The first kappa shape index (κ1) is 11.2. The summed E-state index contributed by atoms with van der Waals surface area (Å²) < 4.78 is 4.48. The Morgan fingerprint density at radius 1 is 1.50 bits per heavy atom. The molecule has 3 heteroatoms. The third-order valence-corrected chi connectivity index (χ3v) is 2.76. The lowest BCUT2D eigenvalue weighted by Crippen LogP contribution is -2.23. The van der Waals surface area contributed by atoms with Gasteiger partial charge in [-0.25, -0.2) is 4.79 Å². The first-order valence-corrected chi connectivity index (χ1v) is 5.16. The van der Waals surface area contributed by atoms with Gasteiger partial charge in [0.1, 0.15) is 0 Å². The van der Waals surface area contributed by atoms with Crippen LogP contribution >= 0.6 is 0 Å². The molecule has 1 aliphatic rings. The van der Waals surface area contributed by atoms with E-state index in [1.807, 2.05) is 0 Å². The Balaban J connectivity index is 2.28. The molecule has 1 N–H and O–H groups in total. The van der Waals surface area contributed by atoms with Gasteiger partial charge in [-0.05, 0) is 25.2 Å². The van der Waals surface area contributed by atoms with E-state index in [1.54, 1.807) is 6.08 Å². The summed E-state index contributed by atoms with van der Waals surface area (Å²) in [5.41, 5.74) is 0. The first-order chi connectivity index (χ1) is 6.74. The topological polar surface area (TPSA) is 46.5 Å². The minimum atomic E-state index is -0.324. The van der Waals surface area contributed by atoms with Crippen LogP contribution in [0.3, 0.4) is 0 Å². The number of rotatable bonds is 3. The molecule has 0 radical (unpaired) electrons. The highest BCUT2D eigenvalue weighted by molar-refractivity contribution is 5.81. The fourth-order valence-electron chi connectivity index (χ4n) is 1.87. The number of ether oxygens (including phenoxy) is 1. The van der Waals surface area contributed by atoms with Crippen LogP contribution in [0, 0.1) is 5.92 Å². The highest BCUT2D eigenvalue weighted by Gasteiger charge is 2.21. The molecular weight excluding hydrogens is 180 g/mol. The summed E-state index contributed by atoms with van der Waals surface area (Å²) in [6, 6.07) is 0. The fraction of sp³-hybridized carbons (Fsp3) is 0.727. The van der Waals surface area contributed by atoms with Crippen molar-refractivity contribution in [2.75, 3.05) is 7.11 Å². The summed E-state index contributed by atoms with van der Waals surface area (Å²) in [6.45, 7) is 0. The van der Waals surface area contributed by atoms with Crippen molar-refractivity contribution in [1.29, 1.82) is 0 Å². The molecule has 0 bridgehead atoms. The third kappa shape index (κ3) is 3.50. The van der Waals surface area contributed by atoms with Gasteiger partial charge >= 0.3 is 5.97 Å². The number of hydrogen-bond acceptors (Lipinski definition) is 3. The van der Waals surface area contributed by atoms with Crippen LogP contribution in [0.1, 0.15) is 32.1 Å². The number of carbonyl (C=O) groups is 1. The number of aliphatic hydroxyl groups is 1. The van der Waals surface area contributed by atoms with Crippen LogP contribution in [-0.4, -0.2) is 24.3 Å². The van der Waals surface area contributed by atoms with Crippen molar-refractivity contribution in [2.45, 2.75) is 38.2 Å². The largest absolute Gasteiger partial charge is 0.466 e. The van der Waals surface area contributed by atoms with Gasteiger partial charge in [0.25, 0.3) is 0 Å². The SMILES string of the molecule is COC(=O)/C=C/C[C@@H]1CCCC[C@@H]1O. The quantitative estimate of drug-likeness (QED) is 0.554. The first-order valence-electron chi connectivity index (χ1n) is 5.16. The second-order valence-electron chi connectivity index (χ2n) is 3.77. The van der Waals surface area contributed by atoms with Crippen molar-refractivity contribution in [3.8, 4) is 0 Å². The number of methoxy groups -OCH3 is 1. The Morgan fingerprint density at radius 3 is 2.86 bits per heavy atom. The van der Waals surface area contributed by atoms with E-state index in [1.165, 1.54) is 19.6 Å². The van der Waals surface area contributed by atoms with Gasteiger partial charge in [0.15, 0.2) is 0 Å². The number of hydrogen-bond donors (Lipinski definition) is 1. The number of esters is 1. The van der Waals surface area contributed by atoms with E-state index in [0.717, 1.165) is 25.7 Å². The smallest absolute Gasteiger partial charge is 0.330 e. The molecule has 0 aromatic carbocycles. The number of allylic oxidation sites excluding steroid dienone is 1. The van der Waals surface area contributed by atoms with E-state index in [0.29, 0.717) is 5.92 Å². The Morgan fingerprint density at radius 2 is 2.21 bits per heavy atom. The van der Waals surface area contributed by atoms with Crippen LogP contribution in [0.2, 0.25) is 0 Å². The van der Waals surface area contributed by atoms with Crippen LogP contribution in [0.5, 0.6) is 0 Å². The van der Waals surface area contributed by atoms with E-state index >= 15 is 0 Å². The zero-order chi connectivity index (χ0) is 10.4. The lowest BCUT2D eigenvalue weighted by molar-refractivity contribution is -0.134. The van der Waals surface area contributed by atoms with Crippen LogP contribution in [0.4, 0.5) is 0 Å². The van der Waals surface area contributed by atoms with Crippen molar-refractivity contribution >= 4 is 5.97 Å². The van der Waals surface area contributed by atoms with Crippen molar-refractivity contribution < 1.29 is 14.6 Å². The monoisotopic (exact) mass is 198 g/mol. The summed E-state index contributed by atoms with van der Waals surface area (Å²) >= 11 is 0. The maximum Gasteiger partial charge on any atom is 0.330 e. The predicted octanol–water partition coefficient (Wildman–Crippen LogP) is 1.66. The lowest BCUT2D eigenvalue weighted by Gasteiger charge is -2.26. The van der Waals surface area contributed by atoms with Crippen LogP contribution in [0.25, 0.3) is 0 Å². The average molecular weight is 198 g/mol. The summed E-state index contributed by atoms with van der Waals surface area (Å²) in [4.78, 5) is 10.8. The zero-order valence-electron chi connectivity index (χ0n) is 8.61. The summed E-state index contributed by atoms with van der Waals surface area (Å²) in [5.74, 6) is -0.0000413. The van der Waals surface area contributed by atoms with Crippen LogP contribution in [-0.2, 0) is 9.53 Å². The molecule has 0 amide bonds. The Hall–Kier alpha value is -0.830. The van der Waals surface area contributed by atoms with Crippen molar-refractivity contribution in [2.24, 2.45) is 5.92 Å². The highest BCUT2D eigenvalue weighted by atomic mass is 16.5. The molecule has 1 rings (SSSR count). The molecule has 2 atom stereocenters. The van der Waals surface area contributed by atoms with Gasteiger partial charge in [0.05, 0.1) is 13.2 Å². The average Bonchev–Trinajstić information content (AvgIpc) is 2.20.